The topological polar surface area (TPSA) is 125 Å². The van der Waals surface area contributed by atoms with Crippen molar-refractivity contribution < 1.29 is 47.9 Å². The molecule has 2 saturated heterocycles. The summed E-state index contributed by atoms with van der Waals surface area (Å²) in [5.41, 5.74) is 0.614. The number of piperidine rings is 1. The Hall–Kier alpha value is -4.68. The van der Waals surface area contributed by atoms with E-state index in [9.17, 15) is 9.90 Å². The zero-order chi connectivity index (χ0) is 41.2. The van der Waals surface area contributed by atoms with Gasteiger partial charge in [0.25, 0.3) is 0 Å². The van der Waals surface area contributed by atoms with Crippen molar-refractivity contribution >= 4 is 11.9 Å². The predicted molar refractivity (Wildman–Crippen MR) is 221 cm³/mol. The summed E-state index contributed by atoms with van der Waals surface area (Å²) in [6.45, 7) is 6.70. The average Bonchev–Trinajstić information content (AvgIpc) is 3.26. The standard InChI is InChI=1S/C46H62N2O10/c1-7-36(32-15-11-16-35(27-32)58-26-23-47-21-24-57-25-22-47)46(45(50)51)37(33-18-19-38(52-2)39(28-33)53-3)17-12-20-48(46)44(49)42(31-13-9-8-10-14-31)34-29-40(54-4)43(56-6)41(30-34)55-5/h11,15-16,18-19,27-31,36-37,42H,7-10,12-14,17,20-26H2,1-6H3,(H,50,51)/t36?,37-,42+,46+/m1/s1. The van der Waals surface area contributed by atoms with Crippen molar-refractivity contribution in [1.29, 1.82) is 0 Å². The van der Waals surface area contributed by atoms with Crippen LogP contribution < -0.4 is 28.4 Å². The van der Waals surface area contributed by atoms with E-state index >= 15 is 4.79 Å². The molecule has 6 rings (SSSR count). The Bertz CT molecular complexity index is 1820. The fraction of sp³-hybridized carbons (Fsp3) is 0.565. The highest BCUT2D eigenvalue weighted by Gasteiger charge is 2.60. The molecule has 2 aliphatic heterocycles. The summed E-state index contributed by atoms with van der Waals surface area (Å²) in [7, 11) is 7.85. The fourth-order valence-corrected chi connectivity index (χ4v) is 9.95. The van der Waals surface area contributed by atoms with Crippen molar-refractivity contribution in [1.82, 2.24) is 9.80 Å². The van der Waals surface area contributed by atoms with Crippen LogP contribution in [0.3, 0.4) is 0 Å². The molecule has 1 aliphatic carbocycles. The third-order valence-corrected chi connectivity index (χ3v) is 12.7. The second kappa shape index (κ2) is 19.8. The van der Waals surface area contributed by atoms with Gasteiger partial charge in [-0.25, -0.2) is 4.79 Å². The molecule has 12 heteroatoms. The molecule has 3 aromatic rings. The third kappa shape index (κ3) is 8.69. The van der Waals surface area contributed by atoms with Gasteiger partial charge in [-0.2, -0.15) is 0 Å². The van der Waals surface area contributed by atoms with Crippen molar-refractivity contribution in [3.05, 3.63) is 71.3 Å². The maximum Gasteiger partial charge on any atom is 0.330 e. The first-order valence-electron chi connectivity index (χ1n) is 20.8. The summed E-state index contributed by atoms with van der Waals surface area (Å²) in [6.07, 6.45) is 6.40. The molecule has 0 aromatic heterocycles. The Morgan fingerprint density at radius 1 is 0.776 bits per heavy atom. The number of aliphatic carboxylic acids is 1. The summed E-state index contributed by atoms with van der Waals surface area (Å²) in [5, 5.41) is 12.0. The molecule has 1 saturated carbocycles. The molecular weight excluding hydrogens is 741 g/mol. The van der Waals surface area contributed by atoms with Crippen LogP contribution in [0.1, 0.15) is 92.7 Å². The van der Waals surface area contributed by atoms with Gasteiger partial charge in [0.2, 0.25) is 11.7 Å². The number of carboxylic acid groups (broad SMARTS) is 1. The number of carbonyl (C=O) groups excluding carboxylic acids is 1. The number of ether oxygens (including phenoxy) is 7. The van der Waals surface area contributed by atoms with Gasteiger partial charge >= 0.3 is 5.97 Å². The molecular formula is C46H62N2O10. The molecule has 0 spiro atoms. The highest BCUT2D eigenvalue weighted by Crippen LogP contribution is 2.54. The van der Waals surface area contributed by atoms with Crippen molar-refractivity contribution in [2.24, 2.45) is 5.92 Å². The van der Waals surface area contributed by atoms with Crippen LogP contribution in [0.15, 0.2) is 54.6 Å². The number of benzene rings is 3. The van der Waals surface area contributed by atoms with E-state index in [1.54, 1.807) is 40.4 Å². The van der Waals surface area contributed by atoms with Crippen molar-refractivity contribution in [2.45, 2.75) is 81.6 Å². The van der Waals surface area contributed by atoms with E-state index in [2.05, 4.69) is 4.90 Å². The minimum absolute atomic E-state index is 0.0136. The van der Waals surface area contributed by atoms with Crippen molar-refractivity contribution in [3.63, 3.8) is 0 Å². The van der Waals surface area contributed by atoms with Gasteiger partial charge in [0.05, 0.1) is 54.7 Å². The first-order chi connectivity index (χ1) is 28.2. The molecule has 3 aliphatic rings. The normalized spacial score (nSPS) is 21.4. The second-order valence-electron chi connectivity index (χ2n) is 15.6. The number of carbonyl (C=O) groups is 2. The second-order valence-corrected chi connectivity index (χ2v) is 15.6. The highest BCUT2D eigenvalue weighted by atomic mass is 16.5. The van der Waals surface area contributed by atoms with Gasteiger partial charge in [-0.05, 0) is 91.1 Å². The van der Waals surface area contributed by atoms with Crippen LogP contribution in [-0.4, -0.2) is 114 Å². The maximum atomic E-state index is 15.9. The van der Waals surface area contributed by atoms with Crippen LogP contribution in [0.4, 0.5) is 0 Å². The monoisotopic (exact) mass is 802 g/mol. The molecule has 0 bridgehead atoms. The molecule has 1 amide bonds. The summed E-state index contributed by atoms with van der Waals surface area (Å²) in [5.74, 6) is -0.0530. The zero-order valence-corrected chi connectivity index (χ0v) is 35.1. The summed E-state index contributed by atoms with van der Waals surface area (Å²) < 4.78 is 40.5. The number of carboxylic acids is 1. The van der Waals surface area contributed by atoms with Gasteiger partial charge in [-0.1, -0.05) is 44.4 Å². The predicted octanol–water partition coefficient (Wildman–Crippen LogP) is 7.53. The first-order valence-corrected chi connectivity index (χ1v) is 20.8. The van der Waals surface area contributed by atoms with E-state index in [1.807, 2.05) is 61.5 Å². The Morgan fingerprint density at radius 3 is 2.09 bits per heavy atom. The Morgan fingerprint density at radius 2 is 1.47 bits per heavy atom. The van der Waals surface area contributed by atoms with Crippen LogP contribution in [0.5, 0.6) is 34.5 Å². The lowest BCUT2D eigenvalue weighted by Gasteiger charge is -2.54. The lowest BCUT2D eigenvalue weighted by atomic mass is 9.62. The molecule has 2 heterocycles. The minimum atomic E-state index is -1.69. The number of likely N-dealkylation sites (tertiary alicyclic amines) is 1. The van der Waals surface area contributed by atoms with E-state index in [0.29, 0.717) is 73.6 Å². The van der Waals surface area contributed by atoms with Gasteiger partial charge in [-0.3, -0.25) is 9.69 Å². The third-order valence-electron chi connectivity index (χ3n) is 12.7. The van der Waals surface area contributed by atoms with Crippen LogP contribution in [0.2, 0.25) is 0 Å². The summed E-state index contributed by atoms with van der Waals surface area (Å²) >= 11 is 0. The summed E-state index contributed by atoms with van der Waals surface area (Å²) in [4.78, 5) is 34.7. The minimum Gasteiger partial charge on any atom is -0.493 e. The summed E-state index contributed by atoms with van der Waals surface area (Å²) in [6, 6.07) is 17.2. The van der Waals surface area contributed by atoms with E-state index in [1.165, 1.54) is 0 Å². The van der Waals surface area contributed by atoms with Gasteiger partial charge in [0.15, 0.2) is 28.5 Å². The number of hydrogen-bond acceptors (Lipinski definition) is 10. The number of amides is 1. The lowest BCUT2D eigenvalue weighted by Crippen LogP contribution is -2.67. The number of rotatable bonds is 17. The molecule has 58 heavy (non-hydrogen) atoms. The zero-order valence-electron chi connectivity index (χ0n) is 35.1. The Labute approximate surface area is 343 Å². The quantitative estimate of drug-likeness (QED) is 0.146. The van der Waals surface area contributed by atoms with E-state index < -0.39 is 29.3 Å². The number of hydrogen-bond donors (Lipinski definition) is 1. The molecule has 3 fully saturated rings. The number of nitrogens with zero attached hydrogens (tertiary/aromatic N) is 2. The maximum absolute atomic E-state index is 15.9. The SMILES string of the molecule is CCC(c1cccc(OCCN2CCOCC2)c1)[C@@]1(C(=O)O)[C@@H](c2ccc(OC)c(OC)c2)CCCN1C(=O)[C@H](c1cc(OC)c(OC)c(OC)c1)C1CCCCC1. The highest BCUT2D eigenvalue weighted by molar-refractivity contribution is 5.93. The molecule has 1 N–H and O–H groups in total. The largest absolute Gasteiger partial charge is 0.493 e. The van der Waals surface area contributed by atoms with Gasteiger partial charge in [-0.15, -0.1) is 0 Å². The van der Waals surface area contributed by atoms with Crippen molar-refractivity contribution in [3.8, 4) is 34.5 Å². The van der Waals surface area contributed by atoms with Gasteiger partial charge in [0.1, 0.15) is 12.4 Å². The molecule has 316 valence electrons. The van der Waals surface area contributed by atoms with Crippen LogP contribution in [0.25, 0.3) is 0 Å². The lowest BCUT2D eigenvalue weighted by molar-refractivity contribution is -0.168. The van der Waals surface area contributed by atoms with Gasteiger partial charge in [0, 0.05) is 38.0 Å². The van der Waals surface area contributed by atoms with Crippen LogP contribution in [0, 0.1) is 5.92 Å². The average molecular weight is 803 g/mol. The Balaban J connectivity index is 1.51. The van der Waals surface area contributed by atoms with Crippen LogP contribution >= 0.6 is 0 Å². The number of methoxy groups -OCH3 is 5. The Kier molecular flexibility index (Phi) is 14.7. The molecule has 0 radical (unpaired) electrons. The fourth-order valence-electron chi connectivity index (χ4n) is 9.95. The van der Waals surface area contributed by atoms with E-state index in [0.717, 1.165) is 68.4 Å². The van der Waals surface area contributed by atoms with Crippen LogP contribution in [-0.2, 0) is 14.3 Å². The van der Waals surface area contributed by atoms with E-state index in [4.69, 9.17) is 33.2 Å². The molecule has 12 nitrogen and oxygen atoms in total. The first kappa shape index (κ1) is 42.9. The van der Waals surface area contributed by atoms with E-state index in [-0.39, 0.29) is 18.4 Å². The van der Waals surface area contributed by atoms with Crippen molar-refractivity contribution in [2.75, 3.05) is 81.5 Å². The van der Waals surface area contributed by atoms with Gasteiger partial charge < -0.3 is 43.2 Å². The molecule has 3 aromatic carbocycles. The number of morpholine rings is 1. The molecule has 1 unspecified atom stereocenters. The smallest absolute Gasteiger partial charge is 0.330 e. The molecule has 4 atom stereocenters.